The van der Waals surface area contributed by atoms with Gasteiger partial charge in [0.15, 0.2) is 0 Å². The molecule has 0 aromatic heterocycles. The Morgan fingerprint density at radius 2 is 2.00 bits per heavy atom. The van der Waals surface area contributed by atoms with Gasteiger partial charge in [-0.25, -0.2) is 4.99 Å². The van der Waals surface area contributed by atoms with Crippen LogP contribution in [0.25, 0.3) is 0 Å². The Bertz CT molecular complexity index is 361. The van der Waals surface area contributed by atoms with Crippen molar-refractivity contribution in [2.24, 2.45) is 4.99 Å². The highest BCUT2D eigenvalue weighted by Gasteiger charge is 2.03. The van der Waals surface area contributed by atoms with Crippen LogP contribution in [-0.4, -0.2) is 1.73 Å². The molecule has 0 unspecified atom stereocenters. The van der Waals surface area contributed by atoms with E-state index in [0.29, 0.717) is 10.7 Å². The molecule has 13 heavy (non-hydrogen) atoms. The lowest BCUT2D eigenvalue weighted by molar-refractivity contribution is 1.52. The van der Waals surface area contributed by atoms with Crippen LogP contribution in [0.4, 0.5) is 11.4 Å². The van der Waals surface area contributed by atoms with Gasteiger partial charge in [-0.1, -0.05) is 11.6 Å². The van der Waals surface area contributed by atoms with E-state index in [1.807, 2.05) is 6.07 Å². The largest absolute Gasteiger partial charge is 0.397 e. The van der Waals surface area contributed by atoms with Crippen LogP contribution >= 0.6 is 79.4 Å². The third kappa shape index (κ3) is 3.67. The molecule has 2 N–H and O–H groups in total. The molecule has 0 amide bonds. The first kappa shape index (κ1) is 12.2. The lowest BCUT2D eigenvalue weighted by Crippen LogP contribution is -1.87. The highest BCUT2D eigenvalue weighted by atomic mass is 127. The molecule has 0 saturated heterocycles. The number of hydrogen-bond acceptors (Lipinski definition) is 2. The summed E-state index contributed by atoms with van der Waals surface area (Å²) in [6.07, 6.45) is 0. The summed E-state index contributed by atoms with van der Waals surface area (Å²) in [4.78, 5) is 4.26. The molecule has 70 valence electrons. The first-order chi connectivity index (χ1) is 6.00. The van der Waals surface area contributed by atoms with Gasteiger partial charge in [-0.05, 0) is 79.9 Å². The van der Waals surface area contributed by atoms with Gasteiger partial charge in [-0.2, -0.15) is 0 Å². The van der Waals surface area contributed by atoms with Crippen LogP contribution in [0, 0.1) is 3.57 Å². The van der Waals surface area contributed by atoms with Gasteiger partial charge in [0.2, 0.25) is 0 Å². The zero-order chi connectivity index (χ0) is 10.0. The Hall–Kier alpha value is 1.17. The minimum Gasteiger partial charge on any atom is -0.397 e. The molecule has 0 aliphatic heterocycles. The molecule has 0 saturated carbocycles. The molecular weight excluding hydrogens is 528 g/mol. The molecule has 2 nitrogen and oxygen atoms in total. The molecule has 0 fully saturated rings. The van der Waals surface area contributed by atoms with Gasteiger partial charge in [0.1, 0.15) is 1.73 Å². The van der Waals surface area contributed by atoms with E-state index in [9.17, 15) is 0 Å². The summed E-state index contributed by atoms with van der Waals surface area (Å²) in [6.45, 7) is 0. The summed E-state index contributed by atoms with van der Waals surface area (Å²) in [7, 11) is 0. The fourth-order valence-electron chi connectivity index (χ4n) is 0.740. The number of halogens is 4. The van der Waals surface area contributed by atoms with E-state index in [1.54, 1.807) is 6.07 Å². The number of aliphatic imine (C=N–C) groups is 1. The van der Waals surface area contributed by atoms with E-state index in [0.717, 1.165) is 11.0 Å². The predicted molar refractivity (Wildman–Crippen MR) is 83.7 cm³/mol. The normalized spacial score (nSPS) is 9.85. The number of hydrogen-bond donors (Lipinski definition) is 1. The van der Waals surface area contributed by atoms with Gasteiger partial charge in [0, 0.05) is 3.57 Å². The molecule has 1 rings (SSSR count). The Kier molecular flexibility index (Phi) is 5.00. The average Bonchev–Trinajstić information content (AvgIpc) is 1.99. The van der Waals surface area contributed by atoms with Crippen molar-refractivity contribution in [3.05, 3.63) is 20.7 Å². The lowest BCUT2D eigenvalue weighted by Gasteiger charge is -2.02. The van der Waals surface area contributed by atoms with Crippen LogP contribution in [0.2, 0.25) is 5.02 Å². The molecular formula is C7H4ClI3N2. The Morgan fingerprint density at radius 3 is 2.54 bits per heavy atom. The van der Waals surface area contributed by atoms with Gasteiger partial charge < -0.3 is 5.73 Å². The molecule has 0 aliphatic rings. The highest BCUT2D eigenvalue weighted by molar-refractivity contribution is 14.2. The van der Waals surface area contributed by atoms with E-state index in [-0.39, 0.29) is 0 Å². The molecule has 1 aromatic carbocycles. The van der Waals surface area contributed by atoms with Gasteiger partial charge >= 0.3 is 0 Å². The zero-order valence-electron chi connectivity index (χ0n) is 6.19. The summed E-state index contributed by atoms with van der Waals surface area (Å²) in [5.41, 5.74) is 7.12. The van der Waals surface area contributed by atoms with E-state index >= 15 is 0 Å². The Labute approximate surface area is 122 Å². The topological polar surface area (TPSA) is 38.4 Å². The minimum absolute atomic E-state index is 0.608. The van der Waals surface area contributed by atoms with Crippen LogP contribution < -0.4 is 5.73 Å². The second-order valence-electron chi connectivity index (χ2n) is 2.18. The molecule has 0 spiro atoms. The van der Waals surface area contributed by atoms with Gasteiger partial charge in [-0.3, -0.25) is 0 Å². The van der Waals surface area contributed by atoms with E-state index in [1.165, 1.54) is 0 Å². The second-order valence-corrected chi connectivity index (χ2v) is 7.85. The van der Waals surface area contributed by atoms with E-state index in [2.05, 4.69) is 72.8 Å². The monoisotopic (exact) mass is 532 g/mol. The van der Waals surface area contributed by atoms with Crippen molar-refractivity contribution >= 4 is 92.5 Å². The maximum atomic E-state index is 5.88. The van der Waals surface area contributed by atoms with Crippen molar-refractivity contribution in [2.75, 3.05) is 5.73 Å². The fraction of sp³-hybridized carbons (Fsp3) is 0. The summed E-state index contributed by atoms with van der Waals surface area (Å²) in [5.74, 6) is 0. The first-order valence-corrected chi connectivity index (χ1v) is 6.76. The SMILES string of the molecule is Nc1cc(Cl)c(I)cc1N=C(I)I. The Morgan fingerprint density at radius 1 is 1.38 bits per heavy atom. The minimum atomic E-state index is 0.608. The molecule has 0 aliphatic carbocycles. The van der Waals surface area contributed by atoms with E-state index < -0.39 is 0 Å². The summed E-state index contributed by atoms with van der Waals surface area (Å²) < 4.78 is 1.88. The van der Waals surface area contributed by atoms with Crippen LogP contribution in [0.3, 0.4) is 0 Å². The summed E-state index contributed by atoms with van der Waals surface area (Å²) in [6, 6.07) is 3.59. The summed E-state index contributed by atoms with van der Waals surface area (Å²) >= 11 is 12.3. The predicted octanol–water partition coefficient (Wildman–Crippen LogP) is 4.38. The number of nitrogen functional groups attached to an aromatic ring is 1. The molecule has 1 aromatic rings. The van der Waals surface area contributed by atoms with Crippen molar-refractivity contribution in [1.29, 1.82) is 0 Å². The zero-order valence-corrected chi connectivity index (χ0v) is 13.4. The molecule has 0 bridgehead atoms. The third-order valence-electron chi connectivity index (χ3n) is 1.27. The van der Waals surface area contributed by atoms with Crippen LogP contribution in [0.5, 0.6) is 0 Å². The molecule has 0 heterocycles. The molecule has 6 heteroatoms. The fourth-order valence-corrected chi connectivity index (χ4v) is 1.88. The highest BCUT2D eigenvalue weighted by Crippen LogP contribution is 2.31. The standard InChI is InChI=1S/C7H4ClI3N2/c8-3-1-5(12)6(2-4(3)9)13-7(10)11/h1-2H,12H2. The van der Waals surface area contributed by atoms with Crippen LogP contribution in [0.1, 0.15) is 0 Å². The van der Waals surface area contributed by atoms with Gasteiger partial charge in [-0.15, -0.1) is 0 Å². The van der Waals surface area contributed by atoms with Gasteiger partial charge in [0.05, 0.1) is 16.4 Å². The number of benzene rings is 1. The third-order valence-corrected chi connectivity index (χ3v) is 3.28. The maximum absolute atomic E-state index is 5.88. The van der Waals surface area contributed by atoms with Crippen molar-refractivity contribution in [1.82, 2.24) is 0 Å². The molecule has 0 atom stereocenters. The van der Waals surface area contributed by atoms with Crippen LogP contribution in [0.15, 0.2) is 17.1 Å². The Balaban J connectivity index is 3.24. The maximum Gasteiger partial charge on any atom is 0.139 e. The van der Waals surface area contributed by atoms with Crippen molar-refractivity contribution in [3.63, 3.8) is 0 Å². The second kappa shape index (κ2) is 5.31. The summed E-state index contributed by atoms with van der Waals surface area (Å²) in [5, 5.41) is 0.667. The van der Waals surface area contributed by atoms with E-state index in [4.69, 9.17) is 17.3 Å². The first-order valence-electron chi connectivity index (χ1n) is 3.15. The number of rotatable bonds is 1. The van der Waals surface area contributed by atoms with Gasteiger partial charge in [0.25, 0.3) is 0 Å². The quantitative estimate of drug-likeness (QED) is 0.326. The number of nitrogens with two attached hydrogens (primary N) is 1. The average molecular weight is 532 g/mol. The van der Waals surface area contributed by atoms with Crippen LogP contribution in [-0.2, 0) is 0 Å². The van der Waals surface area contributed by atoms with Crippen molar-refractivity contribution in [3.8, 4) is 0 Å². The number of nitrogens with zero attached hydrogens (tertiary/aromatic N) is 1. The molecule has 0 radical (unpaired) electrons. The van der Waals surface area contributed by atoms with Crippen molar-refractivity contribution in [2.45, 2.75) is 0 Å². The lowest BCUT2D eigenvalue weighted by atomic mass is 10.3. The smallest absolute Gasteiger partial charge is 0.139 e. The number of anilines is 1. The van der Waals surface area contributed by atoms with Crippen molar-refractivity contribution < 1.29 is 0 Å².